The molecule has 0 fully saturated rings. The molecule has 4 nitrogen and oxygen atoms in total. The summed E-state index contributed by atoms with van der Waals surface area (Å²) in [5, 5.41) is 11.2. The molecule has 4 aromatic carbocycles. The van der Waals surface area contributed by atoms with Gasteiger partial charge in [0, 0.05) is 17.3 Å². The molecule has 228 valence electrons. The summed E-state index contributed by atoms with van der Waals surface area (Å²) in [6, 6.07) is 33.4. The lowest BCUT2D eigenvalue weighted by atomic mass is 9.82. The average molecular weight is 594 g/mol. The maximum Gasteiger partial charge on any atom is 0.149 e. The zero-order valence-corrected chi connectivity index (χ0v) is 27.7. The van der Waals surface area contributed by atoms with Crippen LogP contribution < -0.4 is 0 Å². The average Bonchev–Trinajstić information content (AvgIpc) is 3.39. The molecule has 0 aliphatic heterocycles. The van der Waals surface area contributed by atoms with Gasteiger partial charge in [0.05, 0.1) is 28.0 Å². The summed E-state index contributed by atoms with van der Waals surface area (Å²) >= 11 is 0. The first-order chi connectivity index (χ1) is 21.3. The van der Waals surface area contributed by atoms with Crippen molar-refractivity contribution in [3.8, 4) is 45.2 Å². The number of hydrogen-bond donors (Lipinski definition) is 1. The van der Waals surface area contributed by atoms with Gasteiger partial charge in [-0.05, 0) is 81.5 Å². The smallest absolute Gasteiger partial charge is 0.149 e. The molecular formula is C41H43N3O. The molecular weight excluding hydrogens is 550 g/mol. The van der Waals surface area contributed by atoms with Crippen LogP contribution in [0.4, 0.5) is 0 Å². The van der Waals surface area contributed by atoms with E-state index in [-0.39, 0.29) is 22.5 Å². The van der Waals surface area contributed by atoms with Crippen molar-refractivity contribution < 1.29 is 5.11 Å². The van der Waals surface area contributed by atoms with Gasteiger partial charge in [-0.3, -0.25) is 9.55 Å². The Kier molecular flexibility index (Phi) is 7.64. The lowest BCUT2D eigenvalue weighted by molar-refractivity contribution is 0.477. The van der Waals surface area contributed by atoms with Gasteiger partial charge in [-0.25, -0.2) is 4.98 Å². The van der Waals surface area contributed by atoms with Crippen LogP contribution in [0.25, 0.3) is 50.5 Å². The summed E-state index contributed by atoms with van der Waals surface area (Å²) in [5.74, 6) is 1.22. The third-order valence-corrected chi connectivity index (χ3v) is 8.63. The standard InChI is InChI=1S/C41H43N3O/c1-26(2)30-18-14-19-33(41(6,7)8)38(30)44-35-25-29(40(3,4)5)24-32(37(35)43-39(44)31-17-9-10-21-36(31)45)27-15-13-16-28(23-27)34-20-11-12-22-42-34/h9-26,45H,1-8H3. The summed E-state index contributed by atoms with van der Waals surface area (Å²) < 4.78 is 2.32. The van der Waals surface area contributed by atoms with E-state index >= 15 is 0 Å². The number of aromatic hydroxyl groups is 1. The number of aromatic nitrogens is 3. The van der Waals surface area contributed by atoms with E-state index in [9.17, 15) is 5.11 Å². The second-order valence-corrected chi connectivity index (χ2v) is 14.4. The number of hydrogen-bond acceptors (Lipinski definition) is 3. The quantitative estimate of drug-likeness (QED) is 0.216. The minimum atomic E-state index is -0.131. The van der Waals surface area contributed by atoms with Gasteiger partial charge in [0.2, 0.25) is 0 Å². The number of para-hydroxylation sites is 2. The minimum Gasteiger partial charge on any atom is -0.507 e. The van der Waals surface area contributed by atoms with Crippen molar-refractivity contribution >= 4 is 11.0 Å². The van der Waals surface area contributed by atoms with Crippen LogP contribution in [0.15, 0.2) is 103 Å². The van der Waals surface area contributed by atoms with Crippen LogP contribution in [0.2, 0.25) is 0 Å². The Hall–Kier alpha value is -4.70. The molecule has 1 N–H and O–H groups in total. The van der Waals surface area contributed by atoms with E-state index in [1.54, 1.807) is 6.07 Å². The lowest BCUT2D eigenvalue weighted by Gasteiger charge is -2.28. The molecule has 0 aliphatic rings. The molecule has 2 aromatic heterocycles. The number of fused-ring (bicyclic) bond motifs is 1. The van der Waals surface area contributed by atoms with Crippen molar-refractivity contribution in [2.45, 2.75) is 72.1 Å². The van der Waals surface area contributed by atoms with E-state index in [4.69, 9.17) is 4.98 Å². The second kappa shape index (κ2) is 11.3. The van der Waals surface area contributed by atoms with Crippen molar-refractivity contribution in [1.29, 1.82) is 0 Å². The normalized spacial score (nSPS) is 12.3. The maximum absolute atomic E-state index is 11.2. The fourth-order valence-corrected chi connectivity index (χ4v) is 6.16. The Morgan fingerprint density at radius 1 is 0.689 bits per heavy atom. The van der Waals surface area contributed by atoms with Crippen molar-refractivity contribution in [1.82, 2.24) is 14.5 Å². The molecule has 6 rings (SSSR count). The highest BCUT2D eigenvalue weighted by molar-refractivity contribution is 5.97. The maximum atomic E-state index is 11.2. The Morgan fingerprint density at radius 2 is 1.40 bits per heavy atom. The molecule has 0 radical (unpaired) electrons. The minimum absolute atomic E-state index is 0.115. The number of phenols is 1. The van der Waals surface area contributed by atoms with Gasteiger partial charge in [-0.2, -0.15) is 0 Å². The topological polar surface area (TPSA) is 50.9 Å². The fourth-order valence-electron chi connectivity index (χ4n) is 6.16. The number of phenolic OH excluding ortho intramolecular Hbond substituents is 1. The first-order valence-electron chi connectivity index (χ1n) is 15.9. The van der Waals surface area contributed by atoms with E-state index in [2.05, 4.69) is 120 Å². The summed E-state index contributed by atoms with van der Waals surface area (Å²) in [5.41, 5.74) is 11.4. The molecule has 0 saturated heterocycles. The lowest BCUT2D eigenvalue weighted by Crippen LogP contribution is -2.18. The summed E-state index contributed by atoms with van der Waals surface area (Å²) in [6.45, 7) is 18.1. The van der Waals surface area contributed by atoms with Gasteiger partial charge in [-0.15, -0.1) is 0 Å². The second-order valence-electron chi connectivity index (χ2n) is 14.4. The number of pyridine rings is 1. The first-order valence-corrected chi connectivity index (χ1v) is 15.9. The van der Waals surface area contributed by atoms with Crippen molar-refractivity contribution in [3.63, 3.8) is 0 Å². The van der Waals surface area contributed by atoms with Gasteiger partial charge >= 0.3 is 0 Å². The summed E-state index contributed by atoms with van der Waals surface area (Å²) in [6.07, 6.45) is 1.83. The van der Waals surface area contributed by atoms with Crippen molar-refractivity contribution in [2.24, 2.45) is 0 Å². The van der Waals surface area contributed by atoms with E-state index in [1.807, 2.05) is 42.6 Å². The van der Waals surface area contributed by atoms with Gasteiger partial charge in [0.15, 0.2) is 0 Å². The van der Waals surface area contributed by atoms with E-state index in [1.165, 1.54) is 16.7 Å². The van der Waals surface area contributed by atoms with Gasteiger partial charge in [0.1, 0.15) is 11.6 Å². The van der Waals surface area contributed by atoms with Crippen LogP contribution >= 0.6 is 0 Å². The third-order valence-electron chi connectivity index (χ3n) is 8.63. The molecule has 0 bridgehead atoms. The Labute approximate surface area is 267 Å². The highest BCUT2D eigenvalue weighted by Gasteiger charge is 2.29. The molecule has 4 heteroatoms. The zero-order valence-electron chi connectivity index (χ0n) is 27.7. The molecule has 2 heterocycles. The monoisotopic (exact) mass is 593 g/mol. The predicted molar refractivity (Wildman–Crippen MR) is 188 cm³/mol. The van der Waals surface area contributed by atoms with Crippen LogP contribution in [0.5, 0.6) is 5.75 Å². The molecule has 45 heavy (non-hydrogen) atoms. The Balaban J connectivity index is 1.79. The SMILES string of the molecule is CC(C)c1cccc(C(C)(C)C)c1-n1c(-c2ccccc2O)nc2c(-c3cccc(-c4ccccn4)c3)cc(C(C)(C)C)cc21. The van der Waals surface area contributed by atoms with Gasteiger partial charge < -0.3 is 5.11 Å². The fraction of sp³-hybridized carbons (Fsp3) is 0.268. The van der Waals surface area contributed by atoms with Crippen LogP contribution in [-0.2, 0) is 10.8 Å². The molecule has 0 saturated carbocycles. The Bertz CT molecular complexity index is 2000. The molecule has 0 spiro atoms. The first kappa shape index (κ1) is 30.3. The number of imidazole rings is 1. The molecule has 0 amide bonds. The van der Waals surface area contributed by atoms with Gasteiger partial charge in [-0.1, -0.05) is 110 Å². The molecule has 0 aliphatic carbocycles. The number of benzene rings is 4. The molecule has 6 aromatic rings. The molecule has 0 atom stereocenters. The Morgan fingerprint density at radius 3 is 2.07 bits per heavy atom. The van der Waals surface area contributed by atoms with Crippen LogP contribution in [0.3, 0.4) is 0 Å². The van der Waals surface area contributed by atoms with E-state index in [0.29, 0.717) is 5.56 Å². The number of nitrogens with zero attached hydrogens (tertiary/aromatic N) is 3. The third kappa shape index (κ3) is 5.66. The van der Waals surface area contributed by atoms with Gasteiger partial charge in [0.25, 0.3) is 0 Å². The highest BCUT2D eigenvalue weighted by Crippen LogP contribution is 2.44. The largest absolute Gasteiger partial charge is 0.507 e. The van der Waals surface area contributed by atoms with E-state index in [0.717, 1.165) is 44.9 Å². The summed E-state index contributed by atoms with van der Waals surface area (Å²) in [4.78, 5) is 10.1. The molecule has 0 unspecified atom stereocenters. The van der Waals surface area contributed by atoms with Crippen LogP contribution in [0, 0.1) is 0 Å². The van der Waals surface area contributed by atoms with Crippen LogP contribution in [0.1, 0.15) is 78.0 Å². The number of rotatable bonds is 5. The van der Waals surface area contributed by atoms with E-state index < -0.39 is 0 Å². The van der Waals surface area contributed by atoms with Crippen molar-refractivity contribution in [3.05, 3.63) is 120 Å². The zero-order chi connectivity index (χ0) is 32.1. The summed E-state index contributed by atoms with van der Waals surface area (Å²) in [7, 11) is 0. The van der Waals surface area contributed by atoms with Crippen LogP contribution in [-0.4, -0.2) is 19.6 Å². The highest BCUT2D eigenvalue weighted by atomic mass is 16.3. The van der Waals surface area contributed by atoms with Crippen molar-refractivity contribution in [2.75, 3.05) is 0 Å². The predicted octanol–water partition coefficient (Wildman–Crippen LogP) is 10.8.